The summed E-state index contributed by atoms with van der Waals surface area (Å²) in [5, 5.41) is 9.34. The molecule has 0 radical (unpaired) electrons. The second-order valence-electron chi connectivity index (χ2n) is 10.2. The zero-order valence-corrected chi connectivity index (χ0v) is 24.8. The Morgan fingerprint density at radius 3 is 2.39 bits per heavy atom. The number of carbonyl (C=O) groups is 4. The Hall–Kier alpha value is -5.19. The third-order valence-electron chi connectivity index (χ3n) is 6.90. The van der Waals surface area contributed by atoms with Crippen molar-refractivity contribution >= 4 is 35.6 Å². The van der Waals surface area contributed by atoms with E-state index < -0.39 is 17.8 Å². The monoisotopic (exact) mass is 600 g/mol. The summed E-state index contributed by atoms with van der Waals surface area (Å²) in [6, 6.07) is 17.9. The van der Waals surface area contributed by atoms with Crippen LogP contribution in [0.1, 0.15) is 71.7 Å². The van der Waals surface area contributed by atoms with Gasteiger partial charge in [-0.15, -0.1) is 0 Å². The highest BCUT2D eigenvalue weighted by Crippen LogP contribution is 2.28. The quantitative estimate of drug-likeness (QED) is 0.0938. The fourth-order valence-corrected chi connectivity index (χ4v) is 4.61. The number of hydrogen-bond donors (Lipinski definition) is 3. The number of hydrogen-bond acceptors (Lipinski definition) is 8. The second-order valence-corrected chi connectivity index (χ2v) is 10.2. The molecule has 0 heterocycles. The van der Waals surface area contributed by atoms with Crippen molar-refractivity contribution in [3.8, 4) is 17.2 Å². The van der Waals surface area contributed by atoms with Crippen molar-refractivity contribution in [1.29, 1.82) is 0 Å². The number of nitrogens with zero attached hydrogens (tertiary/aromatic N) is 1. The lowest BCUT2D eigenvalue weighted by atomic mass is 9.95. The Kier molecular flexibility index (Phi) is 11.5. The molecule has 1 saturated carbocycles. The van der Waals surface area contributed by atoms with Crippen molar-refractivity contribution in [2.24, 2.45) is 5.10 Å². The molecule has 0 atom stereocenters. The normalized spacial score (nSPS) is 13.1. The average Bonchev–Trinajstić information content (AvgIpc) is 3.05. The molecule has 11 heteroatoms. The van der Waals surface area contributed by atoms with Crippen LogP contribution in [0.4, 0.5) is 5.69 Å². The lowest BCUT2D eigenvalue weighted by Gasteiger charge is -2.23. The molecule has 1 fully saturated rings. The van der Waals surface area contributed by atoms with Gasteiger partial charge in [-0.05, 0) is 79.4 Å². The minimum Gasteiger partial charge on any atom is -0.494 e. The topological polar surface area (TPSA) is 144 Å². The van der Waals surface area contributed by atoms with Gasteiger partial charge in [0.15, 0.2) is 11.5 Å². The summed E-state index contributed by atoms with van der Waals surface area (Å²) < 4.78 is 16.4. The molecule has 0 saturated heterocycles. The molecular weight excluding hydrogens is 564 g/mol. The van der Waals surface area contributed by atoms with E-state index in [9.17, 15) is 19.2 Å². The first kappa shape index (κ1) is 31.7. The van der Waals surface area contributed by atoms with Crippen molar-refractivity contribution in [3.05, 3.63) is 83.4 Å². The minimum atomic E-state index is -1.02. The van der Waals surface area contributed by atoms with Crippen LogP contribution in [-0.2, 0) is 9.59 Å². The van der Waals surface area contributed by atoms with Crippen LogP contribution in [-0.4, -0.2) is 49.7 Å². The van der Waals surface area contributed by atoms with Crippen LogP contribution in [0.3, 0.4) is 0 Å². The van der Waals surface area contributed by atoms with E-state index in [-0.39, 0.29) is 34.7 Å². The van der Waals surface area contributed by atoms with Crippen LogP contribution in [0.15, 0.2) is 71.8 Å². The highest BCUT2D eigenvalue weighted by Gasteiger charge is 2.21. The van der Waals surface area contributed by atoms with E-state index in [1.807, 2.05) is 6.92 Å². The van der Waals surface area contributed by atoms with Gasteiger partial charge in [0.05, 0.1) is 36.7 Å². The number of anilines is 1. The van der Waals surface area contributed by atoms with E-state index in [4.69, 9.17) is 14.2 Å². The number of para-hydroxylation sites is 1. The molecule has 3 aromatic rings. The molecule has 0 unspecified atom stereocenters. The minimum absolute atomic E-state index is 0.0976. The van der Waals surface area contributed by atoms with Gasteiger partial charge in [-0.3, -0.25) is 14.4 Å². The summed E-state index contributed by atoms with van der Waals surface area (Å²) >= 11 is 0. The highest BCUT2D eigenvalue weighted by molar-refractivity contribution is 6.40. The van der Waals surface area contributed by atoms with Gasteiger partial charge in [-0.1, -0.05) is 38.3 Å². The van der Waals surface area contributed by atoms with Crippen molar-refractivity contribution in [2.45, 2.75) is 51.5 Å². The Balaban J connectivity index is 1.32. The maximum Gasteiger partial charge on any atom is 0.343 e. The van der Waals surface area contributed by atoms with Crippen molar-refractivity contribution < 1.29 is 33.4 Å². The summed E-state index contributed by atoms with van der Waals surface area (Å²) in [5.41, 5.74) is 3.51. The lowest BCUT2D eigenvalue weighted by molar-refractivity contribution is -0.136. The fraction of sp³-hybridized carbons (Fsp3) is 0.303. The Labute approximate surface area is 256 Å². The number of carbonyl (C=O) groups excluding carboxylic acids is 4. The molecule has 1 aliphatic carbocycles. The fourth-order valence-electron chi connectivity index (χ4n) is 4.61. The largest absolute Gasteiger partial charge is 0.494 e. The molecule has 4 rings (SSSR count). The average molecular weight is 601 g/mol. The Morgan fingerprint density at radius 2 is 1.66 bits per heavy atom. The highest BCUT2D eigenvalue weighted by atomic mass is 16.6. The lowest BCUT2D eigenvalue weighted by Crippen LogP contribution is -2.37. The predicted molar refractivity (Wildman–Crippen MR) is 165 cm³/mol. The van der Waals surface area contributed by atoms with Gasteiger partial charge < -0.3 is 24.8 Å². The van der Waals surface area contributed by atoms with Crippen LogP contribution in [0.2, 0.25) is 0 Å². The smallest absolute Gasteiger partial charge is 0.343 e. The summed E-state index contributed by atoms with van der Waals surface area (Å²) in [5.74, 6) is -1.76. The number of nitrogens with one attached hydrogen (secondary N) is 3. The number of esters is 1. The number of ether oxygens (including phenoxy) is 3. The van der Waals surface area contributed by atoms with Crippen molar-refractivity contribution in [1.82, 2.24) is 10.7 Å². The summed E-state index contributed by atoms with van der Waals surface area (Å²) in [7, 11) is 1.42. The predicted octanol–water partition coefficient (Wildman–Crippen LogP) is 4.85. The third kappa shape index (κ3) is 8.90. The number of methoxy groups -OCH3 is 1. The molecule has 3 amide bonds. The van der Waals surface area contributed by atoms with E-state index in [2.05, 4.69) is 21.2 Å². The SMILES string of the molecule is CCCOc1ccc(C(=O)Oc2ccc(C=NNC(=O)C(=O)Nc3ccccc3C(=O)NC3CCCCC3)cc2OC)cc1. The first-order chi connectivity index (χ1) is 21.4. The molecule has 11 nitrogen and oxygen atoms in total. The Bertz CT molecular complexity index is 1500. The van der Waals surface area contributed by atoms with Crippen LogP contribution < -0.4 is 30.3 Å². The van der Waals surface area contributed by atoms with E-state index in [0.717, 1.165) is 38.5 Å². The standard InChI is InChI=1S/C33H36N4O7/c1-3-19-43-25-16-14-23(15-17-25)33(41)44-28-18-13-22(20-29(28)42-2)21-34-37-32(40)31(39)36-27-12-8-7-11-26(27)30(38)35-24-9-5-4-6-10-24/h7-8,11-18,20-21,24H,3-6,9-10,19H2,1-2H3,(H,35,38)(H,36,39)(H,37,40). The molecule has 0 aromatic heterocycles. The van der Waals surface area contributed by atoms with Gasteiger partial charge in [0.2, 0.25) is 0 Å². The van der Waals surface area contributed by atoms with Crippen LogP contribution in [0.5, 0.6) is 17.2 Å². The van der Waals surface area contributed by atoms with E-state index in [1.54, 1.807) is 60.7 Å². The van der Waals surface area contributed by atoms with Crippen LogP contribution in [0.25, 0.3) is 0 Å². The molecular formula is C33H36N4O7. The van der Waals surface area contributed by atoms with Gasteiger partial charge in [0, 0.05) is 6.04 Å². The van der Waals surface area contributed by atoms with E-state index in [1.165, 1.54) is 19.4 Å². The first-order valence-electron chi connectivity index (χ1n) is 14.5. The summed E-state index contributed by atoms with van der Waals surface area (Å²) in [6.07, 6.45) is 7.32. The van der Waals surface area contributed by atoms with Gasteiger partial charge in [-0.25, -0.2) is 10.2 Å². The van der Waals surface area contributed by atoms with Gasteiger partial charge in [0.1, 0.15) is 5.75 Å². The number of amides is 3. The van der Waals surface area contributed by atoms with Gasteiger partial charge in [-0.2, -0.15) is 5.10 Å². The molecule has 0 aliphatic heterocycles. The first-order valence-corrected chi connectivity index (χ1v) is 14.5. The third-order valence-corrected chi connectivity index (χ3v) is 6.90. The number of rotatable bonds is 11. The zero-order valence-electron chi connectivity index (χ0n) is 24.8. The second kappa shape index (κ2) is 15.9. The zero-order chi connectivity index (χ0) is 31.3. The maximum atomic E-state index is 12.8. The van der Waals surface area contributed by atoms with Crippen LogP contribution >= 0.6 is 0 Å². The van der Waals surface area contributed by atoms with Crippen molar-refractivity contribution in [2.75, 3.05) is 19.0 Å². The summed E-state index contributed by atoms with van der Waals surface area (Å²) in [6.45, 7) is 2.59. The van der Waals surface area contributed by atoms with Crippen molar-refractivity contribution in [3.63, 3.8) is 0 Å². The molecule has 0 spiro atoms. The van der Waals surface area contributed by atoms with Crippen LogP contribution in [0, 0.1) is 0 Å². The van der Waals surface area contributed by atoms with E-state index >= 15 is 0 Å². The van der Waals surface area contributed by atoms with Gasteiger partial charge >= 0.3 is 17.8 Å². The molecule has 0 bridgehead atoms. The number of benzene rings is 3. The molecule has 230 valence electrons. The molecule has 1 aliphatic rings. The van der Waals surface area contributed by atoms with E-state index in [0.29, 0.717) is 23.5 Å². The molecule has 3 N–H and O–H groups in total. The maximum absolute atomic E-state index is 12.8. The van der Waals surface area contributed by atoms with Gasteiger partial charge in [0.25, 0.3) is 5.91 Å². The summed E-state index contributed by atoms with van der Waals surface area (Å²) in [4.78, 5) is 50.4. The Morgan fingerprint density at radius 1 is 0.909 bits per heavy atom. The molecule has 3 aromatic carbocycles. The number of hydrazone groups is 1. The molecule has 44 heavy (non-hydrogen) atoms.